The van der Waals surface area contributed by atoms with Crippen molar-refractivity contribution in [3.63, 3.8) is 0 Å². The monoisotopic (exact) mass is 418 g/mol. The molecule has 4 rings (SSSR count). The first-order chi connectivity index (χ1) is 14.5. The van der Waals surface area contributed by atoms with Crippen LogP contribution in [0.4, 0.5) is 5.69 Å². The third-order valence-electron chi connectivity index (χ3n) is 4.87. The van der Waals surface area contributed by atoms with Gasteiger partial charge in [0.1, 0.15) is 11.5 Å². The number of furan rings is 1. The van der Waals surface area contributed by atoms with E-state index in [-0.39, 0.29) is 17.2 Å². The first-order valence-corrected chi connectivity index (χ1v) is 10.7. The molecule has 1 aliphatic heterocycles. The van der Waals surface area contributed by atoms with E-state index in [1.54, 1.807) is 25.1 Å². The van der Waals surface area contributed by atoms with Crippen molar-refractivity contribution < 1.29 is 14.0 Å². The quantitative estimate of drug-likeness (QED) is 0.419. The molecule has 152 valence electrons. The maximum atomic E-state index is 12.3. The summed E-state index contributed by atoms with van der Waals surface area (Å²) < 4.78 is 5.88. The van der Waals surface area contributed by atoms with Crippen LogP contribution >= 0.6 is 11.8 Å². The Hall–Kier alpha value is -3.25. The summed E-state index contributed by atoms with van der Waals surface area (Å²) in [6.07, 6.45) is 2.74. The molecule has 2 N–H and O–H groups in total. The maximum absolute atomic E-state index is 12.3. The van der Waals surface area contributed by atoms with Crippen molar-refractivity contribution >= 4 is 35.2 Å². The molecule has 2 aromatic carbocycles. The van der Waals surface area contributed by atoms with E-state index in [4.69, 9.17) is 4.42 Å². The number of benzene rings is 2. The lowest BCUT2D eigenvalue weighted by atomic mass is 10.1. The Labute approximate surface area is 179 Å². The van der Waals surface area contributed by atoms with Crippen LogP contribution in [0, 0.1) is 0 Å². The molecule has 0 aliphatic carbocycles. The summed E-state index contributed by atoms with van der Waals surface area (Å²) in [5.74, 6) is 1.18. The number of carbonyl (C=O) groups is 2. The predicted molar refractivity (Wildman–Crippen MR) is 121 cm³/mol. The van der Waals surface area contributed by atoms with Gasteiger partial charge < -0.3 is 15.1 Å². The summed E-state index contributed by atoms with van der Waals surface area (Å²) in [5, 5.41) is 6.24. The van der Waals surface area contributed by atoms with Crippen molar-refractivity contribution in [2.24, 2.45) is 0 Å². The molecule has 30 heavy (non-hydrogen) atoms. The predicted octanol–water partition coefficient (Wildman–Crippen LogP) is 5.31. The number of aryl methyl sites for hydroxylation is 1. The molecule has 1 aromatic heterocycles. The van der Waals surface area contributed by atoms with E-state index in [1.807, 2.05) is 36.4 Å². The molecule has 0 saturated carbocycles. The van der Waals surface area contributed by atoms with E-state index in [0.717, 1.165) is 17.7 Å². The summed E-state index contributed by atoms with van der Waals surface area (Å²) in [7, 11) is 0. The van der Waals surface area contributed by atoms with Crippen molar-refractivity contribution in [3.05, 3.63) is 82.5 Å². The fourth-order valence-corrected chi connectivity index (χ4v) is 4.10. The molecule has 1 atom stereocenters. The van der Waals surface area contributed by atoms with E-state index >= 15 is 0 Å². The first kappa shape index (κ1) is 20.0. The molecule has 5 nitrogen and oxygen atoms in total. The van der Waals surface area contributed by atoms with E-state index < -0.39 is 0 Å². The van der Waals surface area contributed by atoms with E-state index in [2.05, 4.69) is 29.7 Å². The van der Waals surface area contributed by atoms with Crippen LogP contribution in [0.2, 0.25) is 0 Å². The Morgan fingerprint density at radius 3 is 2.50 bits per heavy atom. The number of hydrogen-bond donors (Lipinski definition) is 2. The summed E-state index contributed by atoms with van der Waals surface area (Å²) in [6, 6.07) is 19.1. The van der Waals surface area contributed by atoms with Crippen LogP contribution in [0.1, 0.15) is 35.5 Å². The Morgan fingerprint density at radius 1 is 1.10 bits per heavy atom. The second-order valence-corrected chi connectivity index (χ2v) is 8.16. The van der Waals surface area contributed by atoms with Crippen LogP contribution in [0.15, 0.2) is 70.0 Å². The van der Waals surface area contributed by atoms with Crippen molar-refractivity contribution in [1.82, 2.24) is 5.32 Å². The molecule has 0 unspecified atom stereocenters. The van der Waals surface area contributed by atoms with Crippen LogP contribution < -0.4 is 10.6 Å². The molecule has 1 amide bonds. The minimum atomic E-state index is -0.232. The van der Waals surface area contributed by atoms with Gasteiger partial charge >= 0.3 is 0 Å². The number of rotatable bonds is 6. The van der Waals surface area contributed by atoms with Gasteiger partial charge in [0, 0.05) is 22.9 Å². The summed E-state index contributed by atoms with van der Waals surface area (Å²) in [4.78, 5) is 24.3. The number of thioether (sulfide) groups is 1. The van der Waals surface area contributed by atoms with Gasteiger partial charge in [-0.1, -0.05) is 55.1 Å². The molecule has 0 radical (unpaired) electrons. The Balaban J connectivity index is 1.44. The fraction of sp³-hybridized carbons (Fsp3) is 0.167. The van der Waals surface area contributed by atoms with Crippen LogP contribution in [-0.4, -0.2) is 17.2 Å². The lowest BCUT2D eigenvalue weighted by molar-refractivity contribution is -0.116. The van der Waals surface area contributed by atoms with Crippen LogP contribution in [0.25, 0.3) is 17.4 Å². The fourth-order valence-electron chi connectivity index (χ4n) is 3.14. The zero-order valence-electron chi connectivity index (χ0n) is 16.8. The summed E-state index contributed by atoms with van der Waals surface area (Å²) in [5.41, 5.74) is 3.54. The van der Waals surface area contributed by atoms with Crippen molar-refractivity contribution in [1.29, 1.82) is 0 Å². The van der Waals surface area contributed by atoms with Gasteiger partial charge in [-0.25, -0.2) is 0 Å². The largest absolute Gasteiger partial charge is 0.457 e. The van der Waals surface area contributed by atoms with Crippen molar-refractivity contribution in [2.75, 3.05) is 5.32 Å². The normalized spacial score (nSPS) is 17.2. The van der Waals surface area contributed by atoms with Gasteiger partial charge in [0.2, 0.25) is 0 Å². The highest BCUT2D eigenvalue weighted by Gasteiger charge is 2.27. The topological polar surface area (TPSA) is 71.3 Å². The summed E-state index contributed by atoms with van der Waals surface area (Å²) >= 11 is 1.42. The first-order valence-electron chi connectivity index (χ1n) is 9.78. The Morgan fingerprint density at radius 2 is 1.83 bits per heavy atom. The van der Waals surface area contributed by atoms with Crippen molar-refractivity contribution in [2.45, 2.75) is 25.8 Å². The zero-order chi connectivity index (χ0) is 21.1. The average molecular weight is 419 g/mol. The number of Topliss-reactive ketones (excluding diaryl/α,β-unsaturated/α-hetero) is 1. The molecule has 0 spiro atoms. The smallest absolute Gasteiger partial charge is 0.260 e. The molecule has 0 bridgehead atoms. The Bertz CT molecular complexity index is 1100. The second-order valence-electron chi connectivity index (χ2n) is 7.01. The molecular weight excluding hydrogens is 396 g/mol. The number of hydrogen-bond acceptors (Lipinski definition) is 5. The second kappa shape index (κ2) is 8.63. The highest BCUT2D eigenvalue weighted by Crippen LogP contribution is 2.31. The number of ketones is 1. The van der Waals surface area contributed by atoms with Gasteiger partial charge in [0.05, 0.1) is 4.91 Å². The third kappa shape index (κ3) is 4.49. The standard InChI is InChI=1S/C24H22N2O3S/c1-3-16-4-10-19(11-5-16)25-24-26-23(28)22(30-24)14-20-12-13-21(29-20)18-8-6-17(7-9-18)15(2)27/h4-14,24-25H,3H2,1-2H3,(H,26,28)/b22-14-/t24-/m0/s1. The van der Waals surface area contributed by atoms with Gasteiger partial charge in [-0.2, -0.15) is 0 Å². The van der Waals surface area contributed by atoms with Gasteiger partial charge in [-0.05, 0) is 43.2 Å². The number of carbonyl (C=O) groups excluding carboxylic acids is 2. The molecule has 3 aromatic rings. The lowest BCUT2D eigenvalue weighted by Gasteiger charge is -2.12. The Kier molecular flexibility index (Phi) is 5.77. The van der Waals surface area contributed by atoms with E-state index in [9.17, 15) is 9.59 Å². The molecule has 6 heteroatoms. The molecular formula is C24H22N2O3S. The zero-order valence-corrected chi connectivity index (χ0v) is 17.6. The maximum Gasteiger partial charge on any atom is 0.260 e. The van der Waals surface area contributed by atoms with Crippen LogP contribution in [0.5, 0.6) is 0 Å². The average Bonchev–Trinajstić information content (AvgIpc) is 3.35. The number of anilines is 1. The minimum absolute atomic E-state index is 0.0279. The van der Waals surface area contributed by atoms with Gasteiger partial charge in [-0.3, -0.25) is 9.59 Å². The van der Waals surface area contributed by atoms with Gasteiger partial charge in [0.25, 0.3) is 5.91 Å². The summed E-state index contributed by atoms with van der Waals surface area (Å²) in [6.45, 7) is 3.66. The highest BCUT2D eigenvalue weighted by molar-refractivity contribution is 8.05. The highest BCUT2D eigenvalue weighted by atomic mass is 32.2. The van der Waals surface area contributed by atoms with Crippen LogP contribution in [0.3, 0.4) is 0 Å². The molecule has 1 aliphatic rings. The van der Waals surface area contributed by atoms with E-state index in [1.165, 1.54) is 17.3 Å². The minimum Gasteiger partial charge on any atom is -0.457 e. The van der Waals surface area contributed by atoms with E-state index in [0.29, 0.717) is 22.0 Å². The number of amides is 1. The van der Waals surface area contributed by atoms with Gasteiger partial charge in [0.15, 0.2) is 11.3 Å². The third-order valence-corrected chi connectivity index (χ3v) is 5.90. The molecule has 1 fully saturated rings. The lowest BCUT2D eigenvalue weighted by Crippen LogP contribution is -2.30. The SMILES string of the molecule is CCc1ccc(N[C@H]2NC(=O)/C(=C/c3ccc(-c4ccc(C(C)=O)cc4)o3)S2)cc1. The van der Waals surface area contributed by atoms with Crippen molar-refractivity contribution in [3.8, 4) is 11.3 Å². The van der Waals surface area contributed by atoms with Gasteiger partial charge in [-0.15, -0.1) is 0 Å². The van der Waals surface area contributed by atoms with Crippen LogP contribution in [-0.2, 0) is 11.2 Å². The molecule has 2 heterocycles. The number of nitrogens with one attached hydrogen (secondary N) is 2. The molecule has 1 saturated heterocycles.